The predicted octanol–water partition coefficient (Wildman–Crippen LogP) is 1.27. The average molecular weight is 333 g/mol. The monoisotopic (exact) mass is 333 g/mol. The van der Waals surface area contributed by atoms with Crippen LogP contribution in [0.1, 0.15) is 16.1 Å². The van der Waals surface area contributed by atoms with Crippen molar-refractivity contribution < 1.29 is 13.2 Å². The molecular weight excluding hydrogens is 314 g/mol. The van der Waals surface area contributed by atoms with Crippen molar-refractivity contribution in [1.82, 2.24) is 14.6 Å². The summed E-state index contributed by atoms with van der Waals surface area (Å²) in [5.74, 6) is -0.225. The summed E-state index contributed by atoms with van der Waals surface area (Å²) < 4.78 is 25.0. The Labute approximate surface area is 136 Å². The standard InChI is InChI=1S/C16H19N3O3S/c1-23(21,22)19(13-15-9-5-6-10-17-15)12-11-18-16(20)14-7-3-2-4-8-14/h2-10H,11-13H2,1H3,(H,18,20). The van der Waals surface area contributed by atoms with Gasteiger partial charge in [-0.2, -0.15) is 4.31 Å². The molecule has 0 radical (unpaired) electrons. The molecule has 1 amide bonds. The first-order valence-electron chi connectivity index (χ1n) is 7.15. The van der Waals surface area contributed by atoms with E-state index in [9.17, 15) is 13.2 Å². The third kappa shape index (κ3) is 5.46. The zero-order valence-corrected chi connectivity index (χ0v) is 13.7. The molecule has 0 fully saturated rings. The van der Waals surface area contributed by atoms with E-state index in [1.807, 2.05) is 6.07 Å². The molecule has 2 rings (SSSR count). The first-order valence-corrected chi connectivity index (χ1v) is 9.00. The van der Waals surface area contributed by atoms with Gasteiger partial charge in [-0.25, -0.2) is 8.42 Å². The lowest BCUT2D eigenvalue weighted by molar-refractivity contribution is 0.0951. The fraction of sp³-hybridized carbons (Fsp3) is 0.250. The van der Waals surface area contributed by atoms with Crippen LogP contribution >= 0.6 is 0 Å². The predicted molar refractivity (Wildman–Crippen MR) is 88.3 cm³/mol. The molecule has 0 unspecified atom stereocenters. The van der Waals surface area contributed by atoms with Crippen molar-refractivity contribution in [2.75, 3.05) is 19.3 Å². The second kappa shape index (κ2) is 7.85. The molecule has 1 N–H and O–H groups in total. The van der Waals surface area contributed by atoms with Gasteiger partial charge in [0.15, 0.2) is 0 Å². The fourth-order valence-corrected chi connectivity index (χ4v) is 2.81. The van der Waals surface area contributed by atoms with Gasteiger partial charge in [0.1, 0.15) is 0 Å². The van der Waals surface area contributed by atoms with Crippen molar-refractivity contribution in [3.8, 4) is 0 Å². The summed E-state index contributed by atoms with van der Waals surface area (Å²) in [5, 5.41) is 2.72. The summed E-state index contributed by atoms with van der Waals surface area (Å²) >= 11 is 0. The van der Waals surface area contributed by atoms with Gasteiger partial charge in [-0.1, -0.05) is 24.3 Å². The van der Waals surface area contributed by atoms with Gasteiger partial charge < -0.3 is 5.32 Å². The van der Waals surface area contributed by atoms with Crippen molar-refractivity contribution in [2.24, 2.45) is 0 Å². The van der Waals surface area contributed by atoms with E-state index in [1.54, 1.807) is 48.7 Å². The minimum atomic E-state index is -3.38. The minimum Gasteiger partial charge on any atom is -0.351 e. The fourth-order valence-electron chi connectivity index (χ4n) is 2.02. The molecule has 7 heteroatoms. The molecular formula is C16H19N3O3S. The highest BCUT2D eigenvalue weighted by atomic mass is 32.2. The van der Waals surface area contributed by atoms with Gasteiger partial charge >= 0.3 is 0 Å². The van der Waals surface area contributed by atoms with Crippen LogP contribution in [0.25, 0.3) is 0 Å². The van der Waals surface area contributed by atoms with Crippen LogP contribution in [0.5, 0.6) is 0 Å². The van der Waals surface area contributed by atoms with Crippen LogP contribution in [0.4, 0.5) is 0 Å². The van der Waals surface area contributed by atoms with Crippen LogP contribution in [0.3, 0.4) is 0 Å². The van der Waals surface area contributed by atoms with E-state index in [0.29, 0.717) is 11.3 Å². The topological polar surface area (TPSA) is 79.4 Å². The first-order chi connectivity index (χ1) is 11.0. The molecule has 0 bridgehead atoms. The highest BCUT2D eigenvalue weighted by molar-refractivity contribution is 7.88. The van der Waals surface area contributed by atoms with Crippen LogP contribution in [0.2, 0.25) is 0 Å². The lowest BCUT2D eigenvalue weighted by Gasteiger charge is -2.19. The summed E-state index contributed by atoms with van der Waals surface area (Å²) in [6, 6.07) is 14.1. The van der Waals surface area contributed by atoms with Gasteiger partial charge in [0.05, 0.1) is 18.5 Å². The van der Waals surface area contributed by atoms with E-state index >= 15 is 0 Å². The maximum atomic E-state index is 11.9. The number of nitrogens with one attached hydrogen (secondary N) is 1. The number of aromatic nitrogens is 1. The van der Waals surface area contributed by atoms with Crippen molar-refractivity contribution in [2.45, 2.75) is 6.54 Å². The molecule has 6 nitrogen and oxygen atoms in total. The molecule has 1 aromatic carbocycles. The summed E-state index contributed by atoms with van der Waals surface area (Å²) in [7, 11) is -3.38. The molecule has 2 aromatic rings. The minimum absolute atomic E-state index is 0.181. The Morgan fingerprint density at radius 3 is 2.43 bits per heavy atom. The Morgan fingerprint density at radius 1 is 1.13 bits per heavy atom. The summed E-state index contributed by atoms with van der Waals surface area (Å²) in [4.78, 5) is 16.1. The summed E-state index contributed by atoms with van der Waals surface area (Å²) in [6.07, 6.45) is 2.77. The lowest BCUT2D eigenvalue weighted by atomic mass is 10.2. The molecule has 0 saturated heterocycles. The Bertz CT molecular complexity index is 734. The van der Waals surface area contributed by atoms with Gasteiger partial charge in [-0.15, -0.1) is 0 Å². The summed E-state index contributed by atoms with van der Waals surface area (Å²) in [6.45, 7) is 0.600. The van der Waals surface area contributed by atoms with Crippen LogP contribution in [0.15, 0.2) is 54.7 Å². The largest absolute Gasteiger partial charge is 0.351 e. The van der Waals surface area contributed by atoms with Gasteiger partial charge in [-0.05, 0) is 24.3 Å². The van der Waals surface area contributed by atoms with Crippen molar-refractivity contribution in [3.05, 3.63) is 66.0 Å². The SMILES string of the molecule is CS(=O)(=O)N(CCNC(=O)c1ccccc1)Cc1ccccn1. The van der Waals surface area contributed by atoms with Gasteiger partial charge in [0.2, 0.25) is 10.0 Å². The quantitative estimate of drug-likeness (QED) is 0.828. The van der Waals surface area contributed by atoms with E-state index in [-0.39, 0.29) is 25.5 Å². The number of nitrogens with zero attached hydrogens (tertiary/aromatic N) is 2. The highest BCUT2D eigenvalue weighted by Crippen LogP contribution is 2.05. The van der Waals surface area contributed by atoms with E-state index in [1.165, 1.54) is 4.31 Å². The maximum absolute atomic E-state index is 11.9. The molecule has 0 aliphatic carbocycles. The first kappa shape index (κ1) is 17.1. The number of rotatable bonds is 7. The van der Waals surface area contributed by atoms with Gasteiger partial charge in [0, 0.05) is 24.8 Å². The number of carbonyl (C=O) groups excluding carboxylic acids is 1. The molecule has 23 heavy (non-hydrogen) atoms. The molecule has 0 atom stereocenters. The normalized spacial score (nSPS) is 11.4. The van der Waals surface area contributed by atoms with Gasteiger partial charge in [-0.3, -0.25) is 9.78 Å². The number of pyridine rings is 1. The molecule has 1 aromatic heterocycles. The highest BCUT2D eigenvalue weighted by Gasteiger charge is 2.17. The lowest BCUT2D eigenvalue weighted by Crippen LogP contribution is -2.37. The second-order valence-corrected chi connectivity index (χ2v) is 7.02. The number of carbonyl (C=O) groups is 1. The van der Waals surface area contributed by atoms with Crippen molar-refractivity contribution in [1.29, 1.82) is 0 Å². The van der Waals surface area contributed by atoms with Crippen molar-refractivity contribution >= 4 is 15.9 Å². The maximum Gasteiger partial charge on any atom is 0.251 e. The smallest absolute Gasteiger partial charge is 0.251 e. The zero-order chi connectivity index (χ0) is 16.7. The molecule has 0 spiro atoms. The number of amides is 1. The number of hydrogen-bond acceptors (Lipinski definition) is 4. The Morgan fingerprint density at radius 2 is 1.83 bits per heavy atom. The number of sulfonamides is 1. The molecule has 122 valence electrons. The number of benzene rings is 1. The van der Waals surface area contributed by atoms with Crippen LogP contribution < -0.4 is 5.32 Å². The third-order valence-electron chi connectivity index (χ3n) is 3.22. The van der Waals surface area contributed by atoms with E-state index in [2.05, 4.69) is 10.3 Å². The van der Waals surface area contributed by atoms with E-state index in [4.69, 9.17) is 0 Å². The Balaban J connectivity index is 1.93. The second-order valence-electron chi connectivity index (χ2n) is 5.04. The Hall–Kier alpha value is -2.25. The van der Waals surface area contributed by atoms with Crippen LogP contribution in [-0.4, -0.2) is 43.0 Å². The van der Waals surface area contributed by atoms with Crippen molar-refractivity contribution in [3.63, 3.8) is 0 Å². The molecule has 0 aliphatic rings. The average Bonchev–Trinajstić information content (AvgIpc) is 2.54. The molecule has 1 heterocycles. The Kier molecular flexibility index (Phi) is 5.84. The van der Waals surface area contributed by atoms with Gasteiger partial charge in [0.25, 0.3) is 5.91 Å². The summed E-state index contributed by atoms with van der Waals surface area (Å²) in [5.41, 5.74) is 1.20. The van der Waals surface area contributed by atoms with E-state index in [0.717, 1.165) is 6.26 Å². The van der Waals surface area contributed by atoms with E-state index < -0.39 is 10.0 Å². The number of hydrogen-bond donors (Lipinski definition) is 1. The molecule has 0 aliphatic heterocycles. The molecule has 0 saturated carbocycles. The zero-order valence-electron chi connectivity index (χ0n) is 12.8. The van der Waals surface area contributed by atoms with Crippen LogP contribution in [0, 0.1) is 0 Å². The van der Waals surface area contributed by atoms with Crippen LogP contribution in [-0.2, 0) is 16.6 Å². The third-order valence-corrected chi connectivity index (χ3v) is 4.47.